The molecule has 6 aliphatic rings. The minimum absolute atomic E-state index is 0.361. The Balaban J connectivity index is 1.09. The topological polar surface area (TPSA) is 21.7 Å². The van der Waals surface area contributed by atoms with Gasteiger partial charge in [0.15, 0.2) is 23.0 Å². The van der Waals surface area contributed by atoms with Crippen molar-refractivity contribution in [1.29, 1.82) is 0 Å². The van der Waals surface area contributed by atoms with Gasteiger partial charge in [-0.2, -0.15) is 0 Å². The summed E-state index contributed by atoms with van der Waals surface area (Å²) in [6.45, 7) is 6.30. The third-order valence-electron chi connectivity index (χ3n) is 12.7. The fourth-order valence-electron chi connectivity index (χ4n) is 9.82. The summed E-state index contributed by atoms with van der Waals surface area (Å²) >= 11 is 7.33. The number of nitrogens with zero attached hydrogens (tertiary/aromatic N) is 1. The van der Waals surface area contributed by atoms with Crippen LogP contribution in [0.3, 0.4) is 0 Å². The van der Waals surface area contributed by atoms with Gasteiger partial charge in [0.2, 0.25) is 0 Å². The first kappa shape index (κ1) is 39.0. The first-order valence-corrected chi connectivity index (χ1v) is 24.0. The number of rotatable bonds is 8. The molecule has 3 nitrogen and oxygen atoms in total. The molecule has 0 N–H and O–H groups in total. The highest BCUT2D eigenvalue weighted by Crippen LogP contribution is 2.68. The van der Waals surface area contributed by atoms with Crippen LogP contribution in [-0.2, 0) is 5.41 Å². The van der Waals surface area contributed by atoms with Crippen molar-refractivity contribution in [3.63, 3.8) is 0 Å². The Kier molecular flexibility index (Phi) is 10.4. The van der Waals surface area contributed by atoms with Crippen LogP contribution in [-0.4, -0.2) is 4.43 Å². The number of ether oxygens (including phenoxy) is 2. The van der Waals surface area contributed by atoms with Gasteiger partial charge >= 0.3 is 0 Å². The molecule has 5 aliphatic carbocycles. The zero-order valence-corrected chi connectivity index (χ0v) is 39.6. The molecule has 1 heterocycles. The summed E-state index contributed by atoms with van der Waals surface area (Å²) in [6.07, 6.45) is 20.2. The van der Waals surface area contributed by atoms with E-state index in [2.05, 4.69) is 238 Å². The van der Waals surface area contributed by atoms with Gasteiger partial charge in [0.25, 0.3) is 0 Å². The lowest BCUT2D eigenvalue weighted by Gasteiger charge is -2.42. The zero-order chi connectivity index (χ0) is 40.4. The summed E-state index contributed by atoms with van der Waals surface area (Å²) in [5.74, 6) is 4.11. The summed E-state index contributed by atoms with van der Waals surface area (Å²) in [5.41, 5.74) is 16.2. The molecule has 1 spiro atoms. The number of anilines is 2. The highest BCUT2D eigenvalue weighted by Gasteiger charge is 2.57. The Morgan fingerprint density at radius 3 is 2.12 bits per heavy atom. The van der Waals surface area contributed by atoms with Crippen LogP contribution in [0.1, 0.15) is 61.4 Å². The molecule has 11 rings (SSSR count). The van der Waals surface area contributed by atoms with E-state index in [-0.39, 0.29) is 5.41 Å². The van der Waals surface area contributed by atoms with Crippen molar-refractivity contribution in [3.8, 4) is 34.1 Å². The van der Waals surface area contributed by atoms with Gasteiger partial charge in [0.05, 0.1) is 5.41 Å². The standard InChI is InChI=1S/C53H42I3NO2/c1-4-6-18-46(55)47(56)23-20-38(31-54)57(36-13-11-12-34(27-36)32(3)5-2)37-21-24-48-49(28-37)59-50-29-42-41-22-19-33-25-35(26-33)52(41)53(45(42)30-51(50)58-48)43-16-9-7-14-39(43)40-15-8-10-17-44(40)53/h4-24,27-30,33,35H,25-26,31H2,1-3H3/b6-4-,32-5+,38-20+,46-18-,47-23-. The molecule has 5 aromatic rings. The second kappa shape index (κ2) is 15.7. The van der Waals surface area contributed by atoms with Crippen LogP contribution < -0.4 is 14.4 Å². The average molecular weight is 1110 g/mol. The Labute approximate surface area is 388 Å². The second-order valence-electron chi connectivity index (χ2n) is 15.8. The number of allylic oxidation sites excluding steroid dienone is 14. The van der Waals surface area contributed by atoms with Crippen molar-refractivity contribution in [2.75, 3.05) is 9.33 Å². The average Bonchev–Trinajstić information content (AvgIpc) is 3.49. The summed E-state index contributed by atoms with van der Waals surface area (Å²) in [7, 11) is 0. The molecule has 2 bridgehead atoms. The molecule has 6 heteroatoms. The molecular formula is C53H42I3NO2. The van der Waals surface area contributed by atoms with E-state index < -0.39 is 0 Å². The Bertz CT molecular complexity index is 2750. The lowest BCUT2D eigenvalue weighted by molar-refractivity contribution is 0.270. The van der Waals surface area contributed by atoms with Gasteiger partial charge in [-0.15, -0.1) is 0 Å². The number of alkyl halides is 1. The highest BCUT2D eigenvalue weighted by atomic mass is 127. The number of halogens is 3. The fourth-order valence-corrected chi connectivity index (χ4v) is 11.2. The molecule has 0 radical (unpaired) electrons. The number of fused-ring (bicyclic) bond motifs is 9. The predicted octanol–water partition coefficient (Wildman–Crippen LogP) is 16.4. The number of benzene rings is 5. The minimum Gasteiger partial charge on any atom is -0.449 e. The first-order chi connectivity index (χ1) is 28.8. The molecule has 292 valence electrons. The second-order valence-corrected chi connectivity index (χ2v) is 18.9. The van der Waals surface area contributed by atoms with Crippen molar-refractivity contribution in [3.05, 3.63) is 198 Å². The van der Waals surface area contributed by atoms with E-state index in [1.165, 1.54) is 70.1 Å². The van der Waals surface area contributed by atoms with Crippen LogP contribution in [0.2, 0.25) is 0 Å². The smallest absolute Gasteiger partial charge is 0.172 e. The van der Waals surface area contributed by atoms with Gasteiger partial charge in [-0.1, -0.05) is 114 Å². The Morgan fingerprint density at radius 1 is 0.712 bits per heavy atom. The molecule has 1 aliphatic heterocycles. The molecule has 0 unspecified atom stereocenters. The highest BCUT2D eigenvalue weighted by molar-refractivity contribution is 14.1. The van der Waals surface area contributed by atoms with Gasteiger partial charge in [-0.25, -0.2) is 0 Å². The van der Waals surface area contributed by atoms with Crippen LogP contribution in [0.15, 0.2) is 170 Å². The van der Waals surface area contributed by atoms with Crippen LogP contribution >= 0.6 is 67.8 Å². The monoisotopic (exact) mass is 1110 g/mol. The van der Waals surface area contributed by atoms with E-state index in [1.807, 2.05) is 6.92 Å². The third-order valence-corrected chi connectivity index (χ3v) is 16.4. The van der Waals surface area contributed by atoms with Crippen LogP contribution in [0.4, 0.5) is 11.4 Å². The molecule has 0 atom stereocenters. The van der Waals surface area contributed by atoms with Gasteiger partial charge in [0, 0.05) is 34.7 Å². The van der Waals surface area contributed by atoms with Crippen LogP contribution in [0, 0.1) is 11.8 Å². The van der Waals surface area contributed by atoms with E-state index >= 15 is 0 Å². The molecule has 1 saturated carbocycles. The molecule has 1 fully saturated rings. The number of hydrogen-bond donors (Lipinski definition) is 0. The minimum atomic E-state index is -0.361. The largest absolute Gasteiger partial charge is 0.449 e. The molecule has 59 heavy (non-hydrogen) atoms. The van der Waals surface area contributed by atoms with Crippen molar-refractivity contribution >= 4 is 90.3 Å². The molecular weight excluding hydrogens is 1060 g/mol. The van der Waals surface area contributed by atoms with Gasteiger partial charge < -0.3 is 14.4 Å². The van der Waals surface area contributed by atoms with Crippen molar-refractivity contribution in [2.45, 2.75) is 39.0 Å². The molecule has 0 saturated heterocycles. The van der Waals surface area contributed by atoms with Gasteiger partial charge in [-0.05, 0) is 201 Å². The molecule has 5 aromatic carbocycles. The Morgan fingerprint density at radius 2 is 1.39 bits per heavy atom. The van der Waals surface area contributed by atoms with Crippen molar-refractivity contribution in [2.24, 2.45) is 11.8 Å². The Hall–Kier alpha value is -4.13. The van der Waals surface area contributed by atoms with E-state index in [9.17, 15) is 0 Å². The zero-order valence-electron chi connectivity index (χ0n) is 33.1. The van der Waals surface area contributed by atoms with E-state index in [0.717, 1.165) is 33.0 Å². The maximum absolute atomic E-state index is 6.97. The maximum atomic E-state index is 6.97. The predicted molar refractivity (Wildman–Crippen MR) is 271 cm³/mol. The van der Waals surface area contributed by atoms with Gasteiger partial charge in [0.1, 0.15) is 0 Å². The first-order valence-electron chi connectivity index (χ1n) is 20.3. The van der Waals surface area contributed by atoms with E-state index in [1.54, 1.807) is 5.57 Å². The lowest BCUT2D eigenvalue weighted by atomic mass is 9.60. The lowest BCUT2D eigenvalue weighted by Crippen LogP contribution is -2.35. The van der Waals surface area contributed by atoms with Crippen LogP contribution in [0.25, 0.3) is 22.3 Å². The maximum Gasteiger partial charge on any atom is 0.172 e. The summed E-state index contributed by atoms with van der Waals surface area (Å²) in [6, 6.07) is 37.9. The van der Waals surface area contributed by atoms with E-state index in [4.69, 9.17) is 9.47 Å². The SMILES string of the molecule is C\C=C/C=C(I)/C(I)=C/C=C(\CI)N(c1cccc(/C(C)=C/C)c1)c1ccc2c(c1)Oc1cc3c(cc1O2)C1(C2=C3C=CC3CC2C3)c2ccccc2-c2ccccc21. The molecule has 0 amide bonds. The third kappa shape index (κ3) is 6.37. The summed E-state index contributed by atoms with van der Waals surface area (Å²) in [4.78, 5) is 2.35. The van der Waals surface area contributed by atoms with Crippen molar-refractivity contribution < 1.29 is 9.47 Å². The quantitative estimate of drug-likeness (QED) is 0.0861. The number of hydrogen-bond acceptors (Lipinski definition) is 3. The van der Waals surface area contributed by atoms with Crippen LogP contribution in [0.5, 0.6) is 23.0 Å². The van der Waals surface area contributed by atoms with Gasteiger partial charge in [-0.3, -0.25) is 0 Å². The molecule has 0 aromatic heterocycles. The summed E-state index contributed by atoms with van der Waals surface area (Å²) < 4.78 is 17.0. The summed E-state index contributed by atoms with van der Waals surface area (Å²) in [5, 5.41) is 0. The fraction of sp³-hybridized carbons (Fsp3) is 0.170. The van der Waals surface area contributed by atoms with Crippen molar-refractivity contribution in [1.82, 2.24) is 0 Å². The van der Waals surface area contributed by atoms with E-state index in [0.29, 0.717) is 23.3 Å². The normalized spacial score (nSPS) is 19.6.